The first-order valence-corrected chi connectivity index (χ1v) is 10.2. The molecule has 6 nitrogen and oxygen atoms in total. The number of hydrogen-bond acceptors (Lipinski definition) is 5. The van der Waals surface area contributed by atoms with Gasteiger partial charge in [-0.3, -0.25) is 4.79 Å². The zero-order chi connectivity index (χ0) is 19.4. The quantitative estimate of drug-likeness (QED) is 0.562. The van der Waals surface area contributed by atoms with Crippen LogP contribution in [-0.2, 0) is 14.8 Å². The Morgan fingerprint density at radius 3 is 2.26 bits per heavy atom. The molecular formula is C20H21NO5S. The molecule has 27 heavy (non-hydrogen) atoms. The average molecular weight is 387 g/mol. The van der Waals surface area contributed by atoms with Crippen molar-refractivity contribution in [3.05, 3.63) is 65.7 Å². The highest BCUT2D eigenvalue weighted by Gasteiger charge is 2.28. The van der Waals surface area contributed by atoms with E-state index in [0.717, 1.165) is 12.8 Å². The molecule has 0 aliphatic carbocycles. The summed E-state index contributed by atoms with van der Waals surface area (Å²) in [4.78, 5) is 24.8. The Hall–Kier alpha value is -2.51. The molecule has 0 bridgehead atoms. The fourth-order valence-corrected chi connectivity index (χ4v) is 4.54. The Bertz CT molecular complexity index is 934. The van der Waals surface area contributed by atoms with E-state index in [-0.39, 0.29) is 16.2 Å². The molecule has 2 aromatic rings. The predicted molar refractivity (Wildman–Crippen MR) is 100 cm³/mol. The molecule has 0 saturated carbocycles. The number of ketones is 1. The van der Waals surface area contributed by atoms with E-state index in [0.29, 0.717) is 18.7 Å². The van der Waals surface area contributed by atoms with Gasteiger partial charge >= 0.3 is 5.97 Å². The number of esters is 1. The molecule has 0 aromatic heterocycles. The molecule has 0 amide bonds. The molecule has 0 radical (unpaired) electrons. The molecule has 0 spiro atoms. The molecule has 0 unspecified atom stereocenters. The number of nitrogens with zero attached hydrogens (tertiary/aromatic N) is 1. The van der Waals surface area contributed by atoms with Crippen LogP contribution in [0.3, 0.4) is 0 Å². The lowest BCUT2D eigenvalue weighted by Crippen LogP contribution is -2.28. The maximum absolute atomic E-state index is 12.6. The van der Waals surface area contributed by atoms with Crippen LogP contribution in [0.15, 0.2) is 59.5 Å². The number of carbonyl (C=O) groups excluding carboxylic acids is 2. The lowest BCUT2D eigenvalue weighted by molar-refractivity contribution is 0.0318. The Kier molecular flexibility index (Phi) is 5.72. The summed E-state index contributed by atoms with van der Waals surface area (Å²) in [5.74, 6) is -1.05. The van der Waals surface area contributed by atoms with Crippen LogP contribution in [0, 0.1) is 0 Å². The van der Waals surface area contributed by atoms with E-state index in [1.165, 1.54) is 35.5 Å². The van der Waals surface area contributed by atoms with Crippen LogP contribution in [-0.4, -0.2) is 43.7 Å². The average Bonchev–Trinajstić information content (AvgIpc) is 3.24. The number of rotatable bonds is 6. The SMILES string of the molecule is C[C@H](OC(=O)c1cccc(S(=O)(=O)N2CCCC2)c1)C(=O)c1ccccc1. The van der Waals surface area contributed by atoms with Crippen molar-refractivity contribution in [1.82, 2.24) is 4.31 Å². The Morgan fingerprint density at radius 2 is 1.59 bits per heavy atom. The summed E-state index contributed by atoms with van der Waals surface area (Å²) < 4.78 is 32.0. The minimum absolute atomic E-state index is 0.0564. The topological polar surface area (TPSA) is 80.8 Å². The summed E-state index contributed by atoms with van der Waals surface area (Å²) >= 11 is 0. The van der Waals surface area contributed by atoms with E-state index < -0.39 is 22.1 Å². The van der Waals surface area contributed by atoms with Gasteiger partial charge < -0.3 is 4.74 Å². The van der Waals surface area contributed by atoms with E-state index in [4.69, 9.17) is 4.74 Å². The summed E-state index contributed by atoms with van der Waals surface area (Å²) in [5, 5.41) is 0. The van der Waals surface area contributed by atoms with Gasteiger partial charge in [-0.2, -0.15) is 4.31 Å². The van der Waals surface area contributed by atoms with Crippen LogP contribution in [0.25, 0.3) is 0 Å². The van der Waals surface area contributed by atoms with Crippen molar-refractivity contribution in [2.75, 3.05) is 13.1 Å². The van der Waals surface area contributed by atoms with Gasteiger partial charge in [-0.1, -0.05) is 36.4 Å². The van der Waals surface area contributed by atoms with Crippen LogP contribution < -0.4 is 0 Å². The number of carbonyl (C=O) groups is 2. The summed E-state index contributed by atoms with van der Waals surface area (Å²) in [7, 11) is -3.62. The molecular weight excluding hydrogens is 366 g/mol. The highest BCUT2D eigenvalue weighted by atomic mass is 32.2. The van der Waals surface area contributed by atoms with E-state index in [1.807, 2.05) is 0 Å². The van der Waals surface area contributed by atoms with Crippen molar-refractivity contribution >= 4 is 21.8 Å². The maximum atomic E-state index is 12.6. The number of ether oxygens (including phenoxy) is 1. The molecule has 142 valence electrons. The first-order chi connectivity index (χ1) is 12.9. The second-order valence-electron chi connectivity index (χ2n) is 6.42. The molecule has 1 saturated heterocycles. The van der Waals surface area contributed by atoms with Crippen molar-refractivity contribution in [3.63, 3.8) is 0 Å². The van der Waals surface area contributed by atoms with E-state index in [1.54, 1.807) is 30.3 Å². The highest BCUT2D eigenvalue weighted by molar-refractivity contribution is 7.89. The Labute approximate surface area is 158 Å². The van der Waals surface area contributed by atoms with E-state index in [9.17, 15) is 18.0 Å². The second-order valence-corrected chi connectivity index (χ2v) is 8.35. The van der Waals surface area contributed by atoms with Gasteiger partial charge in [0.1, 0.15) is 0 Å². The van der Waals surface area contributed by atoms with Gasteiger partial charge in [-0.25, -0.2) is 13.2 Å². The van der Waals surface area contributed by atoms with Crippen molar-refractivity contribution < 1.29 is 22.7 Å². The zero-order valence-corrected chi connectivity index (χ0v) is 15.8. The van der Waals surface area contributed by atoms with Crippen LogP contribution >= 0.6 is 0 Å². The molecule has 0 N–H and O–H groups in total. The summed E-state index contributed by atoms with van der Waals surface area (Å²) in [6.45, 7) is 2.47. The number of sulfonamides is 1. The largest absolute Gasteiger partial charge is 0.451 e. The molecule has 1 atom stereocenters. The second kappa shape index (κ2) is 8.02. The zero-order valence-electron chi connectivity index (χ0n) is 15.0. The third-order valence-corrected chi connectivity index (χ3v) is 6.38. The first-order valence-electron chi connectivity index (χ1n) is 8.80. The van der Waals surface area contributed by atoms with Crippen LogP contribution in [0.4, 0.5) is 0 Å². The van der Waals surface area contributed by atoms with Gasteiger partial charge in [-0.05, 0) is 38.0 Å². The van der Waals surface area contributed by atoms with Crippen molar-refractivity contribution in [2.24, 2.45) is 0 Å². The predicted octanol–water partition coefficient (Wildman–Crippen LogP) is 2.90. The third-order valence-electron chi connectivity index (χ3n) is 4.48. The van der Waals surface area contributed by atoms with Gasteiger partial charge in [0.25, 0.3) is 0 Å². The molecule has 1 fully saturated rings. The minimum Gasteiger partial charge on any atom is -0.451 e. The van der Waals surface area contributed by atoms with E-state index in [2.05, 4.69) is 0 Å². The van der Waals surface area contributed by atoms with Gasteiger partial charge in [0, 0.05) is 18.7 Å². The molecule has 1 aliphatic heterocycles. The van der Waals surface area contributed by atoms with Crippen LogP contribution in [0.2, 0.25) is 0 Å². The first kappa shape index (κ1) is 19.3. The fraction of sp³-hybridized carbons (Fsp3) is 0.300. The number of benzene rings is 2. The molecule has 1 heterocycles. The summed E-state index contributed by atoms with van der Waals surface area (Å²) in [6.07, 6.45) is 0.693. The standard InChI is InChI=1S/C20H21NO5S/c1-15(19(22)16-8-3-2-4-9-16)26-20(23)17-10-7-11-18(14-17)27(24,25)21-12-5-6-13-21/h2-4,7-11,14-15H,5-6,12-13H2,1H3/t15-/m0/s1. The lowest BCUT2D eigenvalue weighted by Gasteiger charge is -2.16. The number of hydrogen-bond donors (Lipinski definition) is 0. The molecule has 7 heteroatoms. The molecule has 3 rings (SSSR count). The van der Waals surface area contributed by atoms with Gasteiger partial charge in [0.2, 0.25) is 15.8 Å². The normalized spacial score (nSPS) is 16.0. The molecule has 1 aliphatic rings. The number of Topliss-reactive ketones (excluding diaryl/α,β-unsaturated/α-hetero) is 1. The van der Waals surface area contributed by atoms with Crippen molar-refractivity contribution in [1.29, 1.82) is 0 Å². The van der Waals surface area contributed by atoms with E-state index >= 15 is 0 Å². The summed E-state index contributed by atoms with van der Waals surface area (Å²) in [6, 6.07) is 14.3. The Balaban J connectivity index is 1.75. The van der Waals surface area contributed by atoms with Gasteiger partial charge in [-0.15, -0.1) is 0 Å². The smallest absolute Gasteiger partial charge is 0.338 e. The molecule has 2 aromatic carbocycles. The van der Waals surface area contributed by atoms with Crippen molar-refractivity contribution in [3.8, 4) is 0 Å². The minimum atomic E-state index is -3.62. The third kappa shape index (κ3) is 4.26. The van der Waals surface area contributed by atoms with Crippen molar-refractivity contribution in [2.45, 2.75) is 30.8 Å². The van der Waals surface area contributed by atoms with Gasteiger partial charge in [0.15, 0.2) is 6.10 Å². The Morgan fingerprint density at radius 1 is 0.963 bits per heavy atom. The van der Waals surface area contributed by atoms with Crippen LogP contribution in [0.5, 0.6) is 0 Å². The summed E-state index contributed by atoms with van der Waals surface area (Å²) in [5.41, 5.74) is 0.547. The van der Waals surface area contributed by atoms with Crippen LogP contribution in [0.1, 0.15) is 40.5 Å². The van der Waals surface area contributed by atoms with Gasteiger partial charge in [0.05, 0.1) is 10.5 Å². The lowest BCUT2D eigenvalue weighted by atomic mass is 10.1. The highest BCUT2D eigenvalue weighted by Crippen LogP contribution is 2.22. The maximum Gasteiger partial charge on any atom is 0.338 e. The monoisotopic (exact) mass is 387 g/mol. The fourth-order valence-electron chi connectivity index (χ4n) is 2.98.